The second-order valence-electron chi connectivity index (χ2n) is 6.07. The number of aryl methyl sites for hydroxylation is 2. The summed E-state index contributed by atoms with van der Waals surface area (Å²) in [4.78, 5) is 16.4. The average molecular weight is 347 g/mol. The number of aromatic nitrogens is 2. The van der Waals surface area contributed by atoms with Crippen molar-refractivity contribution in [1.82, 2.24) is 14.9 Å². The largest absolute Gasteiger partial charge is 0.488 e. The first-order chi connectivity index (χ1) is 12.1. The summed E-state index contributed by atoms with van der Waals surface area (Å²) in [5.74, 6) is 0.915. The van der Waals surface area contributed by atoms with Crippen LogP contribution in [0, 0.1) is 12.7 Å². The zero-order valence-electron chi connectivity index (χ0n) is 14.2. The molecule has 25 heavy (non-hydrogen) atoms. The Kier molecular flexibility index (Phi) is 5.65. The predicted molar refractivity (Wildman–Crippen MR) is 89.8 cm³/mol. The monoisotopic (exact) mass is 347 g/mol. The summed E-state index contributed by atoms with van der Waals surface area (Å²) >= 11 is 0. The second kappa shape index (κ2) is 8.11. The maximum Gasteiger partial charge on any atom is 0.222 e. The first-order valence-electron chi connectivity index (χ1n) is 8.39. The van der Waals surface area contributed by atoms with Crippen molar-refractivity contribution < 1.29 is 18.7 Å². The second-order valence-corrected chi connectivity index (χ2v) is 6.07. The molecule has 134 valence electrons. The van der Waals surface area contributed by atoms with Gasteiger partial charge in [0.1, 0.15) is 23.5 Å². The highest BCUT2D eigenvalue weighted by Gasteiger charge is 2.29. The normalized spacial score (nSPS) is 20.2. The topological polar surface area (TPSA) is 65.4 Å². The zero-order chi connectivity index (χ0) is 17.6. The number of benzene rings is 1. The van der Waals surface area contributed by atoms with Gasteiger partial charge < -0.3 is 19.4 Å². The molecule has 6 nitrogen and oxygen atoms in total. The summed E-state index contributed by atoms with van der Waals surface area (Å²) in [7, 11) is 0. The number of ether oxygens (including phenoxy) is 2. The summed E-state index contributed by atoms with van der Waals surface area (Å²) in [6.07, 6.45) is 4.31. The van der Waals surface area contributed by atoms with E-state index < -0.39 is 0 Å². The summed E-state index contributed by atoms with van der Waals surface area (Å²) in [6.45, 7) is 3.41. The molecule has 1 fully saturated rings. The predicted octanol–water partition coefficient (Wildman–Crippen LogP) is 2.07. The summed E-state index contributed by atoms with van der Waals surface area (Å²) < 4.78 is 26.6. The van der Waals surface area contributed by atoms with E-state index in [1.807, 2.05) is 17.7 Å². The molecule has 2 aromatic rings. The molecule has 0 radical (unpaired) electrons. The van der Waals surface area contributed by atoms with Crippen molar-refractivity contribution in [1.29, 1.82) is 0 Å². The van der Waals surface area contributed by atoms with Crippen molar-refractivity contribution in [2.75, 3.05) is 13.2 Å². The highest BCUT2D eigenvalue weighted by molar-refractivity contribution is 5.76. The molecule has 2 atom stereocenters. The Morgan fingerprint density at radius 3 is 3.16 bits per heavy atom. The van der Waals surface area contributed by atoms with Gasteiger partial charge in [0.05, 0.1) is 19.3 Å². The minimum atomic E-state index is -0.346. The van der Waals surface area contributed by atoms with E-state index in [2.05, 4.69) is 10.3 Å². The molecule has 0 aliphatic carbocycles. The van der Waals surface area contributed by atoms with Crippen LogP contribution in [0.25, 0.3) is 0 Å². The molecule has 1 aromatic carbocycles. The Bertz CT molecular complexity index is 719. The van der Waals surface area contributed by atoms with Crippen LogP contribution in [0.3, 0.4) is 0 Å². The third-order valence-electron chi connectivity index (χ3n) is 4.23. The van der Waals surface area contributed by atoms with Crippen molar-refractivity contribution in [2.45, 2.75) is 38.5 Å². The van der Waals surface area contributed by atoms with Gasteiger partial charge in [0.15, 0.2) is 0 Å². The molecule has 0 saturated carbocycles. The van der Waals surface area contributed by atoms with Gasteiger partial charge in [-0.2, -0.15) is 0 Å². The van der Waals surface area contributed by atoms with Gasteiger partial charge in [0, 0.05) is 37.8 Å². The fourth-order valence-corrected chi connectivity index (χ4v) is 2.85. The first kappa shape index (κ1) is 17.4. The molecule has 1 aliphatic heterocycles. The van der Waals surface area contributed by atoms with Crippen molar-refractivity contribution in [3.63, 3.8) is 0 Å². The van der Waals surface area contributed by atoms with Crippen LogP contribution in [-0.4, -0.2) is 40.8 Å². The minimum Gasteiger partial charge on any atom is -0.488 e. The number of carbonyl (C=O) groups is 1. The third-order valence-corrected chi connectivity index (χ3v) is 4.23. The molecule has 0 bridgehead atoms. The van der Waals surface area contributed by atoms with Crippen LogP contribution in [0.15, 0.2) is 36.7 Å². The Morgan fingerprint density at radius 2 is 2.40 bits per heavy atom. The van der Waals surface area contributed by atoms with E-state index in [9.17, 15) is 9.18 Å². The molecule has 1 amide bonds. The van der Waals surface area contributed by atoms with Crippen LogP contribution in [0.5, 0.6) is 5.75 Å². The fraction of sp³-hybridized carbons (Fsp3) is 0.444. The maximum atomic E-state index is 13.3. The Hall–Kier alpha value is -2.41. The molecule has 1 N–H and O–H groups in total. The highest BCUT2D eigenvalue weighted by atomic mass is 19.1. The van der Waals surface area contributed by atoms with Gasteiger partial charge in [0.25, 0.3) is 0 Å². The number of nitrogens with zero attached hydrogens (tertiary/aromatic N) is 2. The van der Waals surface area contributed by atoms with Crippen LogP contribution in [-0.2, 0) is 16.1 Å². The number of carbonyl (C=O) groups excluding carboxylic acids is 1. The maximum absolute atomic E-state index is 13.3. The van der Waals surface area contributed by atoms with E-state index in [0.717, 1.165) is 5.82 Å². The van der Waals surface area contributed by atoms with E-state index in [4.69, 9.17) is 9.47 Å². The van der Waals surface area contributed by atoms with Gasteiger partial charge in [-0.25, -0.2) is 9.37 Å². The van der Waals surface area contributed by atoms with E-state index in [-0.39, 0.29) is 23.9 Å². The SMILES string of the molecule is Cc1nccn1CCC(=O)N[C@@H]1COCC[C@@H]1Oc1cccc(F)c1. The molecule has 1 saturated heterocycles. The average Bonchev–Trinajstić information content (AvgIpc) is 3.00. The number of hydrogen-bond acceptors (Lipinski definition) is 4. The standard InChI is InChI=1S/C18H22FN3O3/c1-13-20-7-9-22(13)8-5-18(23)21-16-12-24-10-6-17(16)25-15-4-2-3-14(19)11-15/h2-4,7,9,11,16-17H,5-6,8,10,12H2,1H3,(H,21,23)/t16-,17+/m1/s1. The van der Waals surface area contributed by atoms with E-state index in [0.29, 0.717) is 38.3 Å². The summed E-state index contributed by atoms with van der Waals surface area (Å²) in [5.41, 5.74) is 0. The summed E-state index contributed by atoms with van der Waals surface area (Å²) in [5, 5.41) is 2.97. The smallest absolute Gasteiger partial charge is 0.222 e. The molecule has 1 aliphatic rings. The van der Waals surface area contributed by atoms with Crippen LogP contribution in [0.2, 0.25) is 0 Å². The molecule has 3 rings (SSSR count). The van der Waals surface area contributed by atoms with Crippen LogP contribution >= 0.6 is 0 Å². The Balaban J connectivity index is 1.55. The van der Waals surface area contributed by atoms with Crippen molar-refractivity contribution in [3.8, 4) is 5.75 Å². The van der Waals surface area contributed by atoms with Crippen LogP contribution < -0.4 is 10.1 Å². The van der Waals surface area contributed by atoms with Gasteiger partial charge in [-0.15, -0.1) is 0 Å². The molecular weight excluding hydrogens is 325 g/mol. The van der Waals surface area contributed by atoms with Gasteiger partial charge in [-0.3, -0.25) is 4.79 Å². The highest BCUT2D eigenvalue weighted by Crippen LogP contribution is 2.19. The van der Waals surface area contributed by atoms with Crippen LogP contribution in [0.4, 0.5) is 4.39 Å². The lowest BCUT2D eigenvalue weighted by Gasteiger charge is -2.32. The quantitative estimate of drug-likeness (QED) is 0.869. The zero-order valence-corrected chi connectivity index (χ0v) is 14.2. The number of nitrogens with one attached hydrogen (secondary N) is 1. The number of imidazole rings is 1. The van der Waals surface area contributed by atoms with E-state index in [1.54, 1.807) is 18.3 Å². The molecule has 0 spiro atoms. The van der Waals surface area contributed by atoms with Gasteiger partial charge in [0.2, 0.25) is 5.91 Å². The number of hydrogen-bond donors (Lipinski definition) is 1. The number of halogens is 1. The van der Waals surface area contributed by atoms with Crippen LogP contribution in [0.1, 0.15) is 18.7 Å². The van der Waals surface area contributed by atoms with E-state index >= 15 is 0 Å². The molecule has 0 unspecified atom stereocenters. The fourth-order valence-electron chi connectivity index (χ4n) is 2.85. The number of rotatable bonds is 6. The Labute approximate surface area is 146 Å². The molecule has 1 aromatic heterocycles. The molecule has 2 heterocycles. The molecular formula is C18H22FN3O3. The molecule has 7 heteroatoms. The van der Waals surface area contributed by atoms with Crippen molar-refractivity contribution in [3.05, 3.63) is 48.3 Å². The minimum absolute atomic E-state index is 0.0727. The van der Waals surface area contributed by atoms with Gasteiger partial charge in [-0.1, -0.05) is 6.07 Å². The number of amides is 1. The summed E-state index contributed by atoms with van der Waals surface area (Å²) in [6, 6.07) is 5.77. The van der Waals surface area contributed by atoms with Crippen molar-refractivity contribution >= 4 is 5.91 Å². The van der Waals surface area contributed by atoms with Gasteiger partial charge in [-0.05, 0) is 19.1 Å². The lowest BCUT2D eigenvalue weighted by Crippen LogP contribution is -2.51. The first-order valence-corrected chi connectivity index (χ1v) is 8.39. The van der Waals surface area contributed by atoms with Crippen molar-refractivity contribution in [2.24, 2.45) is 0 Å². The third kappa shape index (κ3) is 4.79. The Morgan fingerprint density at radius 1 is 1.52 bits per heavy atom. The van der Waals surface area contributed by atoms with E-state index in [1.165, 1.54) is 12.1 Å². The lowest BCUT2D eigenvalue weighted by atomic mass is 10.1. The lowest BCUT2D eigenvalue weighted by molar-refractivity contribution is -0.124. The van der Waals surface area contributed by atoms with Gasteiger partial charge >= 0.3 is 0 Å².